The molecular weight excluding hydrogens is 400 g/mol. The minimum Gasteiger partial charge on any atom is -0.325 e. The summed E-state index contributed by atoms with van der Waals surface area (Å²) in [6, 6.07) is 16.6. The Hall–Kier alpha value is -2.28. The molecule has 27 heavy (non-hydrogen) atoms. The van der Waals surface area contributed by atoms with Crippen LogP contribution < -0.4 is 10.6 Å². The number of thioether (sulfide) groups is 1. The maximum absolute atomic E-state index is 12.1. The summed E-state index contributed by atoms with van der Waals surface area (Å²) in [4.78, 5) is 25.9. The molecule has 0 aliphatic heterocycles. The second kappa shape index (κ2) is 9.08. The third-order valence-corrected chi connectivity index (χ3v) is 5.83. The highest BCUT2D eigenvalue weighted by molar-refractivity contribution is 8.00. The van der Waals surface area contributed by atoms with Crippen molar-refractivity contribution >= 4 is 57.9 Å². The first-order chi connectivity index (χ1) is 13.0. The molecule has 3 rings (SSSR count). The molecule has 0 saturated heterocycles. The number of aryl methyl sites for hydroxylation is 1. The number of carbonyl (C=O) groups is 2. The van der Waals surface area contributed by atoms with Crippen LogP contribution in [0.4, 0.5) is 11.4 Å². The van der Waals surface area contributed by atoms with Gasteiger partial charge in [0.05, 0.1) is 21.3 Å². The second-order valence-electron chi connectivity index (χ2n) is 5.78. The molecule has 0 saturated carbocycles. The van der Waals surface area contributed by atoms with Crippen molar-refractivity contribution in [2.45, 2.75) is 11.8 Å². The van der Waals surface area contributed by atoms with Crippen LogP contribution in [-0.2, 0) is 4.79 Å². The van der Waals surface area contributed by atoms with E-state index in [4.69, 9.17) is 11.6 Å². The number of anilines is 2. The topological polar surface area (TPSA) is 58.2 Å². The fraction of sp³-hybridized carbons (Fsp3) is 0.100. The Morgan fingerprint density at radius 1 is 1.07 bits per heavy atom. The first-order valence-electron chi connectivity index (χ1n) is 8.15. The fourth-order valence-electron chi connectivity index (χ4n) is 2.27. The predicted octanol–water partition coefficient (Wildman–Crippen LogP) is 5.69. The minimum atomic E-state index is -0.210. The van der Waals surface area contributed by atoms with Crippen molar-refractivity contribution in [3.8, 4) is 0 Å². The van der Waals surface area contributed by atoms with Crippen molar-refractivity contribution in [2.75, 3.05) is 16.4 Å². The standard InChI is InChI=1S/C20H17ClN2O2S2/c1-13-4-7-15(8-5-13)27-12-19(24)22-14-6-9-17(16(21)11-14)23-20(25)18-3-2-10-26-18/h2-11H,12H2,1H3,(H,22,24)(H,23,25). The lowest BCUT2D eigenvalue weighted by molar-refractivity contribution is -0.113. The number of halogens is 1. The molecule has 0 unspecified atom stereocenters. The Balaban J connectivity index is 1.55. The Kier molecular flexibility index (Phi) is 6.55. The van der Waals surface area contributed by atoms with Gasteiger partial charge >= 0.3 is 0 Å². The van der Waals surface area contributed by atoms with Crippen LogP contribution in [0.25, 0.3) is 0 Å². The SMILES string of the molecule is Cc1ccc(SCC(=O)Nc2ccc(NC(=O)c3cccs3)c(Cl)c2)cc1. The van der Waals surface area contributed by atoms with Gasteiger partial charge in [-0.05, 0) is 48.7 Å². The van der Waals surface area contributed by atoms with E-state index < -0.39 is 0 Å². The zero-order valence-electron chi connectivity index (χ0n) is 14.5. The van der Waals surface area contributed by atoms with Gasteiger partial charge in [-0.25, -0.2) is 0 Å². The van der Waals surface area contributed by atoms with Crippen molar-refractivity contribution in [1.82, 2.24) is 0 Å². The average molecular weight is 417 g/mol. The lowest BCUT2D eigenvalue weighted by Gasteiger charge is -2.10. The number of amides is 2. The van der Waals surface area contributed by atoms with Crippen LogP contribution in [0.1, 0.15) is 15.2 Å². The number of thiophene rings is 1. The van der Waals surface area contributed by atoms with Crippen LogP contribution in [0.3, 0.4) is 0 Å². The van der Waals surface area contributed by atoms with E-state index in [0.717, 1.165) is 4.90 Å². The van der Waals surface area contributed by atoms with E-state index in [-0.39, 0.29) is 11.8 Å². The Bertz CT molecular complexity index is 941. The molecule has 0 spiro atoms. The number of rotatable bonds is 6. The van der Waals surface area contributed by atoms with Crippen LogP contribution in [0.5, 0.6) is 0 Å². The molecular formula is C20H17ClN2O2S2. The molecule has 1 aromatic heterocycles. The average Bonchev–Trinajstić information content (AvgIpc) is 3.18. The summed E-state index contributed by atoms with van der Waals surface area (Å²) in [5.41, 5.74) is 2.27. The van der Waals surface area contributed by atoms with Crippen molar-refractivity contribution in [3.63, 3.8) is 0 Å². The van der Waals surface area contributed by atoms with Gasteiger partial charge in [0.2, 0.25) is 5.91 Å². The van der Waals surface area contributed by atoms with Gasteiger partial charge in [-0.1, -0.05) is 35.4 Å². The van der Waals surface area contributed by atoms with E-state index in [1.807, 2.05) is 42.6 Å². The van der Waals surface area contributed by atoms with Crippen molar-refractivity contribution in [3.05, 3.63) is 75.4 Å². The van der Waals surface area contributed by atoms with E-state index in [9.17, 15) is 9.59 Å². The third kappa shape index (κ3) is 5.60. The summed E-state index contributed by atoms with van der Waals surface area (Å²) >= 11 is 9.07. The molecule has 0 aliphatic carbocycles. The lowest BCUT2D eigenvalue weighted by Crippen LogP contribution is -2.14. The number of benzene rings is 2. The van der Waals surface area contributed by atoms with Crippen LogP contribution in [0.2, 0.25) is 5.02 Å². The van der Waals surface area contributed by atoms with E-state index in [0.29, 0.717) is 27.0 Å². The van der Waals surface area contributed by atoms with Gasteiger partial charge in [-0.15, -0.1) is 23.1 Å². The predicted molar refractivity (Wildman–Crippen MR) is 114 cm³/mol. The summed E-state index contributed by atoms with van der Waals surface area (Å²) < 4.78 is 0. The molecule has 2 amide bonds. The van der Waals surface area contributed by atoms with Gasteiger partial charge in [0.25, 0.3) is 5.91 Å². The highest BCUT2D eigenvalue weighted by atomic mass is 35.5. The maximum Gasteiger partial charge on any atom is 0.265 e. The number of carbonyl (C=O) groups excluding carboxylic acids is 2. The molecule has 0 atom stereocenters. The monoisotopic (exact) mass is 416 g/mol. The normalized spacial score (nSPS) is 10.4. The molecule has 3 aromatic rings. The summed E-state index contributed by atoms with van der Waals surface area (Å²) in [7, 11) is 0. The molecule has 7 heteroatoms. The molecule has 2 N–H and O–H groups in total. The molecule has 0 aliphatic rings. The highest BCUT2D eigenvalue weighted by Crippen LogP contribution is 2.27. The van der Waals surface area contributed by atoms with Crippen molar-refractivity contribution < 1.29 is 9.59 Å². The summed E-state index contributed by atoms with van der Waals surface area (Å²) in [6.07, 6.45) is 0. The summed E-state index contributed by atoms with van der Waals surface area (Å²) in [6.45, 7) is 2.03. The third-order valence-electron chi connectivity index (χ3n) is 3.64. The second-order valence-corrected chi connectivity index (χ2v) is 8.18. The quantitative estimate of drug-likeness (QED) is 0.507. The minimum absolute atomic E-state index is 0.119. The molecule has 4 nitrogen and oxygen atoms in total. The summed E-state index contributed by atoms with van der Waals surface area (Å²) in [5, 5.41) is 7.79. The zero-order chi connectivity index (χ0) is 19.2. The smallest absolute Gasteiger partial charge is 0.265 e. The first kappa shape index (κ1) is 19.5. The van der Waals surface area contributed by atoms with E-state index in [2.05, 4.69) is 10.6 Å². The lowest BCUT2D eigenvalue weighted by atomic mass is 10.2. The van der Waals surface area contributed by atoms with Gasteiger partial charge in [0.15, 0.2) is 0 Å². The first-order valence-corrected chi connectivity index (χ1v) is 10.4. The number of hydrogen-bond donors (Lipinski definition) is 2. The summed E-state index contributed by atoms with van der Waals surface area (Å²) in [5.74, 6) is -0.0254. The molecule has 0 bridgehead atoms. The fourth-order valence-corrected chi connectivity index (χ4v) is 3.81. The zero-order valence-corrected chi connectivity index (χ0v) is 16.9. The van der Waals surface area contributed by atoms with Crippen molar-refractivity contribution in [1.29, 1.82) is 0 Å². The van der Waals surface area contributed by atoms with Gasteiger partial charge in [0, 0.05) is 10.6 Å². The van der Waals surface area contributed by atoms with E-state index in [1.165, 1.54) is 28.7 Å². The number of nitrogens with one attached hydrogen (secondary N) is 2. The van der Waals surface area contributed by atoms with Crippen LogP contribution in [-0.4, -0.2) is 17.6 Å². The van der Waals surface area contributed by atoms with E-state index in [1.54, 1.807) is 24.3 Å². The Morgan fingerprint density at radius 3 is 2.52 bits per heavy atom. The van der Waals surface area contributed by atoms with Crippen LogP contribution in [0.15, 0.2) is 64.9 Å². The highest BCUT2D eigenvalue weighted by Gasteiger charge is 2.11. The van der Waals surface area contributed by atoms with Crippen LogP contribution in [0, 0.1) is 6.92 Å². The van der Waals surface area contributed by atoms with Gasteiger partial charge in [0.1, 0.15) is 0 Å². The Morgan fingerprint density at radius 2 is 1.85 bits per heavy atom. The van der Waals surface area contributed by atoms with Gasteiger partial charge in [-0.3, -0.25) is 9.59 Å². The van der Waals surface area contributed by atoms with E-state index >= 15 is 0 Å². The van der Waals surface area contributed by atoms with Crippen molar-refractivity contribution in [2.24, 2.45) is 0 Å². The van der Waals surface area contributed by atoms with Gasteiger partial charge in [-0.2, -0.15) is 0 Å². The maximum atomic E-state index is 12.1. The number of hydrogen-bond acceptors (Lipinski definition) is 4. The Labute approximate surface area is 170 Å². The van der Waals surface area contributed by atoms with Crippen LogP contribution >= 0.6 is 34.7 Å². The molecule has 138 valence electrons. The molecule has 0 fully saturated rings. The van der Waals surface area contributed by atoms with Gasteiger partial charge < -0.3 is 10.6 Å². The molecule has 2 aromatic carbocycles. The molecule has 1 heterocycles. The molecule has 0 radical (unpaired) electrons. The largest absolute Gasteiger partial charge is 0.325 e.